The Morgan fingerprint density at radius 3 is 2.57 bits per heavy atom. The van der Waals surface area contributed by atoms with Crippen LogP contribution in [0.25, 0.3) is 10.9 Å². The minimum atomic E-state index is -3.49. The molecule has 2 aromatic heterocycles. The molecule has 1 aromatic carbocycles. The van der Waals surface area contributed by atoms with Gasteiger partial charge in [0, 0.05) is 19.3 Å². The lowest BCUT2D eigenvalue weighted by atomic mass is 10.2. The fourth-order valence-electron chi connectivity index (χ4n) is 3.09. The van der Waals surface area contributed by atoms with E-state index < -0.39 is 10.0 Å². The van der Waals surface area contributed by atoms with Crippen molar-refractivity contribution >= 4 is 32.7 Å². The van der Waals surface area contributed by atoms with E-state index in [0.29, 0.717) is 29.0 Å². The summed E-state index contributed by atoms with van der Waals surface area (Å²) < 4.78 is 28.1. The number of aromatic nitrogens is 4. The summed E-state index contributed by atoms with van der Waals surface area (Å²) in [4.78, 5) is 16.9. The standard InChI is InChI=1S/C18H19N5O3S2/c24-18-15-6-2-3-7-16(15)20-21-23(18)13-27-17-9-8-14(12-19-17)28(25,26)22-10-4-1-5-11-22/h2-3,6-9,12H,1,4-5,10-11,13H2. The molecular weight excluding hydrogens is 398 g/mol. The third kappa shape index (κ3) is 3.80. The summed E-state index contributed by atoms with van der Waals surface area (Å²) in [5.41, 5.74) is 0.335. The molecule has 0 amide bonds. The largest absolute Gasteiger partial charge is 0.278 e. The molecule has 28 heavy (non-hydrogen) atoms. The predicted molar refractivity (Wildman–Crippen MR) is 107 cm³/mol. The Kier molecular flexibility index (Phi) is 5.42. The summed E-state index contributed by atoms with van der Waals surface area (Å²) in [6.07, 6.45) is 4.22. The van der Waals surface area contributed by atoms with Gasteiger partial charge in [0.2, 0.25) is 10.0 Å². The van der Waals surface area contributed by atoms with Crippen LogP contribution in [0.5, 0.6) is 0 Å². The van der Waals surface area contributed by atoms with Gasteiger partial charge in [-0.3, -0.25) is 4.79 Å². The van der Waals surface area contributed by atoms with E-state index in [1.54, 1.807) is 36.4 Å². The van der Waals surface area contributed by atoms with E-state index in [4.69, 9.17) is 0 Å². The van der Waals surface area contributed by atoms with Crippen molar-refractivity contribution in [1.82, 2.24) is 24.3 Å². The number of hydrogen-bond donors (Lipinski definition) is 0. The van der Waals surface area contributed by atoms with Crippen molar-refractivity contribution < 1.29 is 8.42 Å². The molecule has 1 aliphatic rings. The highest BCUT2D eigenvalue weighted by Gasteiger charge is 2.26. The normalized spacial score (nSPS) is 15.7. The van der Waals surface area contributed by atoms with Crippen molar-refractivity contribution in [3.8, 4) is 0 Å². The van der Waals surface area contributed by atoms with Gasteiger partial charge < -0.3 is 0 Å². The number of hydrogen-bond acceptors (Lipinski definition) is 7. The van der Waals surface area contributed by atoms with E-state index >= 15 is 0 Å². The summed E-state index contributed by atoms with van der Waals surface area (Å²) >= 11 is 1.29. The van der Waals surface area contributed by atoms with Crippen molar-refractivity contribution in [2.45, 2.75) is 35.1 Å². The Balaban J connectivity index is 1.48. The fraction of sp³-hybridized carbons (Fsp3) is 0.333. The number of rotatable bonds is 5. The van der Waals surface area contributed by atoms with Gasteiger partial charge in [0.1, 0.15) is 10.4 Å². The first-order valence-corrected chi connectivity index (χ1v) is 11.4. The molecule has 3 aromatic rings. The molecular formula is C18H19N5O3S2. The van der Waals surface area contributed by atoms with Crippen molar-refractivity contribution in [2.75, 3.05) is 13.1 Å². The molecule has 0 atom stereocenters. The van der Waals surface area contributed by atoms with Crippen LogP contribution in [-0.4, -0.2) is 45.8 Å². The molecule has 10 heteroatoms. The maximum absolute atomic E-state index is 12.7. The summed E-state index contributed by atoms with van der Waals surface area (Å²) in [5, 5.41) is 9.11. The second-order valence-corrected chi connectivity index (χ2v) is 9.38. The average molecular weight is 418 g/mol. The molecule has 0 saturated carbocycles. The highest BCUT2D eigenvalue weighted by molar-refractivity contribution is 7.98. The van der Waals surface area contributed by atoms with Crippen molar-refractivity contribution in [3.63, 3.8) is 0 Å². The molecule has 4 rings (SSSR count). The van der Waals surface area contributed by atoms with Crippen molar-refractivity contribution in [1.29, 1.82) is 0 Å². The first-order chi connectivity index (χ1) is 13.6. The molecule has 146 valence electrons. The molecule has 1 fully saturated rings. The number of thioether (sulfide) groups is 1. The van der Waals surface area contributed by atoms with E-state index in [2.05, 4.69) is 15.3 Å². The number of benzene rings is 1. The van der Waals surface area contributed by atoms with Crippen molar-refractivity contribution in [2.24, 2.45) is 0 Å². The third-order valence-electron chi connectivity index (χ3n) is 4.63. The zero-order valence-electron chi connectivity index (χ0n) is 15.1. The van der Waals surface area contributed by atoms with Gasteiger partial charge in [0.15, 0.2) is 0 Å². The van der Waals surface area contributed by atoms with E-state index in [9.17, 15) is 13.2 Å². The van der Waals surface area contributed by atoms with Crippen LogP contribution in [0.2, 0.25) is 0 Å². The van der Waals surface area contributed by atoms with Crippen LogP contribution < -0.4 is 5.56 Å². The fourth-order valence-corrected chi connectivity index (χ4v) is 5.27. The van der Waals surface area contributed by atoms with Gasteiger partial charge in [-0.1, -0.05) is 35.5 Å². The maximum atomic E-state index is 12.7. The molecule has 3 heterocycles. The number of pyridine rings is 1. The molecule has 0 spiro atoms. The second-order valence-electron chi connectivity index (χ2n) is 6.48. The molecule has 0 aliphatic carbocycles. The van der Waals surface area contributed by atoms with E-state index in [-0.39, 0.29) is 16.3 Å². The Bertz CT molecular complexity index is 1140. The lowest BCUT2D eigenvalue weighted by molar-refractivity contribution is 0.346. The number of nitrogens with zero attached hydrogens (tertiary/aromatic N) is 5. The van der Waals surface area contributed by atoms with Crippen LogP contribution in [0.15, 0.2) is 57.3 Å². The summed E-state index contributed by atoms with van der Waals surface area (Å²) in [7, 11) is -3.49. The Hall–Kier alpha value is -2.30. The zero-order valence-corrected chi connectivity index (χ0v) is 16.7. The minimum absolute atomic E-state index is 0.196. The Morgan fingerprint density at radius 1 is 1.04 bits per heavy atom. The maximum Gasteiger partial charge on any atom is 0.278 e. The van der Waals surface area contributed by atoms with Crippen molar-refractivity contribution in [3.05, 3.63) is 52.9 Å². The molecule has 0 radical (unpaired) electrons. The lowest BCUT2D eigenvalue weighted by Crippen LogP contribution is -2.35. The van der Waals surface area contributed by atoms with Crippen LogP contribution in [0.1, 0.15) is 19.3 Å². The average Bonchev–Trinajstić information content (AvgIpc) is 2.74. The van der Waals surface area contributed by atoms with Gasteiger partial charge in [-0.15, -0.1) is 5.10 Å². The van der Waals surface area contributed by atoms with E-state index in [1.807, 2.05) is 0 Å². The third-order valence-corrected chi connectivity index (χ3v) is 7.42. The van der Waals surface area contributed by atoms with Crippen LogP contribution >= 0.6 is 11.8 Å². The second kappa shape index (κ2) is 7.98. The van der Waals surface area contributed by atoms with Gasteiger partial charge in [-0.2, -0.15) is 8.99 Å². The Labute approximate surface area is 166 Å². The highest BCUT2D eigenvalue weighted by Crippen LogP contribution is 2.22. The predicted octanol–water partition coefficient (Wildman–Crippen LogP) is 2.11. The SMILES string of the molecule is O=c1c2ccccc2nnn1CSc1ccc(S(=O)(=O)N2CCCCC2)cn1. The van der Waals surface area contributed by atoms with Crippen LogP contribution in [0.3, 0.4) is 0 Å². The quantitative estimate of drug-likeness (QED) is 0.586. The molecule has 0 unspecified atom stereocenters. The monoisotopic (exact) mass is 417 g/mol. The molecule has 1 aliphatic heterocycles. The molecule has 0 N–H and O–H groups in total. The topological polar surface area (TPSA) is 98.0 Å². The lowest BCUT2D eigenvalue weighted by Gasteiger charge is -2.25. The molecule has 0 bridgehead atoms. The van der Waals surface area contributed by atoms with E-state index in [1.165, 1.54) is 26.9 Å². The smallest absolute Gasteiger partial charge is 0.267 e. The first kappa shape index (κ1) is 19.0. The summed E-state index contributed by atoms with van der Waals surface area (Å²) in [6.45, 7) is 1.12. The van der Waals surface area contributed by atoms with E-state index in [0.717, 1.165) is 19.3 Å². The highest BCUT2D eigenvalue weighted by atomic mass is 32.2. The zero-order chi connectivity index (χ0) is 19.6. The van der Waals surface area contributed by atoms with Gasteiger partial charge >= 0.3 is 0 Å². The minimum Gasteiger partial charge on any atom is -0.267 e. The molecule has 8 nitrogen and oxygen atoms in total. The van der Waals surface area contributed by atoms with Crippen LogP contribution in [0.4, 0.5) is 0 Å². The number of fused-ring (bicyclic) bond motifs is 1. The molecule has 1 saturated heterocycles. The van der Waals surface area contributed by atoms with Crippen LogP contribution in [0, 0.1) is 0 Å². The summed E-state index contributed by atoms with van der Waals surface area (Å²) in [6, 6.07) is 10.3. The van der Waals surface area contributed by atoms with Gasteiger partial charge in [-0.25, -0.2) is 13.4 Å². The van der Waals surface area contributed by atoms with Gasteiger partial charge in [-0.05, 0) is 37.1 Å². The van der Waals surface area contributed by atoms with Crippen LogP contribution in [-0.2, 0) is 15.9 Å². The number of sulfonamides is 1. The Morgan fingerprint density at radius 2 is 1.82 bits per heavy atom. The number of piperidine rings is 1. The van der Waals surface area contributed by atoms with Gasteiger partial charge in [0.05, 0.1) is 16.3 Å². The first-order valence-electron chi connectivity index (χ1n) is 8.97. The summed E-state index contributed by atoms with van der Waals surface area (Å²) in [5.74, 6) is 0.238. The van der Waals surface area contributed by atoms with Gasteiger partial charge in [0.25, 0.3) is 5.56 Å².